The average Bonchev–Trinajstić information content (AvgIpc) is 2.92. The third-order valence-electron chi connectivity index (χ3n) is 3.19. The zero-order chi connectivity index (χ0) is 17.2. The smallest absolute Gasteiger partial charge is 0.296 e. The zero-order valence-corrected chi connectivity index (χ0v) is 14.4. The number of rotatable bonds is 5. The topological polar surface area (TPSA) is 109 Å². The number of amides is 2. The van der Waals surface area contributed by atoms with Gasteiger partial charge >= 0.3 is 13.7 Å². The Morgan fingerprint density at radius 3 is 2.83 bits per heavy atom. The Balaban J connectivity index is 1.96. The van der Waals surface area contributed by atoms with Crippen LogP contribution >= 0.6 is 19.4 Å². The van der Waals surface area contributed by atoms with Crippen molar-refractivity contribution >= 4 is 31.3 Å². The number of anilines is 1. The van der Waals surface area contributed by atoms with E-state index in [2.05, 4.69) is 15.5 Å². The molecule has 0 fully saturated rings. The molecule has 10 heteroatoms. The molecule has 2 aromatic rings. The first-order valence-electron chi connectivity index (χ1n) is 7.12. The molecular formula is C14H14N5O3PS. The van der Waals surface area contributed by atoms with Crippen LogP contribution < -0.4 is 10.4 Å². The number of thioether (sulfide) groups is 1. The lowest BCUT2D eigenvalue weighted by atomic mass is 10.2. The van der Waals surface area contributed by atoms with Gasteiger partial charge in [0, 0.05) is 5.75 Å². The van der Waals surface area contributed by atoms with E-state index in [0.29, 0.717) is 10.8 Å². The van der Waals surface area contributed by atoms with Crippen LogP contribution in [0.25, 0.3) is 0 Å². The molecule has 2 N–H and O–H groups in total. The molecule has 124 valence electrons. The van der Waals surface area contributed by atoms with Gasteiger partial charge in [0.2, 0.25) is 0 Å². The van der Waals surface area contributed by atoms with Crippen LogP contribution in [0.5, 0.6) is 0 Å². The maximum Gasteiger partial charge on any atom is 0.419 e. The van der Waals surface area contributed by atoms with Gasteiger partial charge in [-0.1, -0.05) is 42.1 Å². The molecule has 0 saturated heterocycles. The summed E-state index contributed by atoms with van der Waals surface area (Å²) in [7, 11) is -3.70. The van der Waals surface area contributed by atoms with Crippen LogP contribution in [0.4, 0.5) is 10.6 Å². The molecule has 0 spiro atoms. The molecule has 1 aromatic carbocycles. The van der Waals surface area contributed by atoms with Crippen LogP contribution in [0.3, 0.4) is 0 Å². The lowest BCUT2D eigenvalue weighted by molar-refractivity contribution is 0.250. The molecule has 0 bridgehead atoms. The van der Waals surface area contributed by atoms with Crippen LogP contribution in [0.1, 0.15) is 18.1 Å². The van der Waals surface area contributed by atoms with Crippen molar-refractivity contribution in [3.63, 3.8) is 0 Å². The van der Waals surface area contributed by atoms with Crippen LogP contribution in [0.15, 0.2) is 35.4 Å². The Morgan fingerprint density at radius 1 is 1.42 bits per heavy atom. The van der Waals surface area contributed by atoms with E-state index in [-0.39, 0.29) is 18.0 Å². The molecule has 1 aliphatic rings. The highest BCUT2D eigenvalue weighted by atomic mass is 32.2. The van der Waals surface area contributed by atoms with Crippen molar-refractivity contribution in [2.24, 2.45) is 0 Å². The Kier molecular flexibility index (Phi) is 4.62. The summed E-state index contributed by atoms with van der Waals surface area (Å²) in [5, 5.41) is 18.8. The molecule has 24 heavy (non-hydrogen) atoms. The van der Waals surface area contributed by atoms with E-state index >= 15 is 0 Å². The van der Waals surface area contributed by atoms with Crippen molar-refractivity contribution < 1.29 is 13.9 Å². The maximum absolute atomic E-state index is 12.8. The largest absolute Gasteiger partial charge is 0.419 e. The molecule has 1 unspecified atom stereocenters. The molecule has 1 atom stereocenters. The second kappa shape index (κ2) is 6.69. The van der Waals surface area contributed by atoms with Gasteiger partial charge in [-0.05, 0) is 12.5 Å². The van der Waals surface area contributed by atoms with E-state index in [9.17, 15) is 14.6 Å². The quantitative estimate of drug-likeness (QED) is 0.624. The summed E-state index contributed by atoms with van der Waals surface area (Å²) in [6.45, 7) is 1.79. The zero-order valence-electron chi connectivity index (χ0n) is 12.7. The van der Waals surface area contributed by atoms with Gasteiger partial charge in [0.25, 0.3) is 0 Å². The maximum atomic E-state index is 12.8. The highest BCUT2D eigenvalue weighted by Crippen LogP contribution is 2.50. The van der Waals surface area contributed by atoms with Crippen molar-refractivity contribution in [3.8, 4) is 6.07 Å². The van der Waals surface area contributed by atoms with E-state index < -0.39 is 13.7 Å². The Morgan fingerprint density at radius 2 is 2.17 bits per heavy atom. The summed E-state index contributed by atoms with van der Waals surface area (Å²) in [4.78, 5) is 11.7. The van der Waals surface area contributed by atoms with E-state index in [1.54, 1.807) is 6.92 Å². The number of nitrogens with zero attached hydrogens (tertiary/aromatic N) is 3. The summed E-state index contributed by atoms with van der Waals surface area (Å²) in [6, 6.07) is 11.0. The number of carbonyl (C=O) groups is 1. The minimum absolute atomic E-state index is 0.0913. The van der Waals surface area contributed by atoms with Crippen LogP contribution in [0, 0.1) is 11.3 Å². The first-order valence-corrected chi connectivity index (χ1v) is 9.68. The number of nitrogens with one attached hydrogen (secondary N) is 2. The van der Waals surface area contributed by atoms with Crippen molar-refractivity contribution in [1.82, 2.24) is 14.6 Å². The number of urea groups is 1. The van der Waals surface area contributed by atoms with Crippen LogP contribution in [0.2, 0.25) is 0 Å². The van der Waals surface area contributed by atoms with Gasteiger partial charge in [0.1, 0.15) is 16.7 Å². The van der Waals surface area contributed by atoms with Crippen molar-refractivity contribution in [3.05, 3.63) is 41.5 Å². The fourth-order valence-corrected chi connectivity index (χ4v) is 4.73. The fraction of sp³-hybridized carbons (Fsp3) is 0.214. The molecule has 0 aliphatic carbocycles. The number of hydrogen-bond donors (Lipinski definition) is 2. The second-order valence-electron chi connectivity index (χ2n) is 4.81. The van der Waals surface area contributed by atoms with Gasteiger partial charge in [0.05, 0.1) is 6.61 Å². The standard InChI is InChI=1S/C14H14N5O3PS/c1-2-22-23(21)18-14(20)16-12-11(8-15)13(17-19(12)23)24-9-10-6-4-3-5-7-10/h3-7H,2,9H2,1H3,(H2,16,18,20,21). The third-order valence-corrected chi connectivity index (χ3v) is 6.11. The minimum Gasteiger partial charge on any atom is -0.296 e. The summed E-state index contributed by atoms with van der Waals surface area (Å²) >= 11 is 1.33. The van der Waals surface area contributed by atoms with E-state index in [1.165, 1.54) is 11.8 Å². The number of nitriles is 1. The molecule has 2 amide bonds. The highest BCUT2D eigenvalue weighted by molar-refractivity contribution is 7.98. The molecule has 1 aliphatic heterocycles. The SMILES string of the molecule is CCOP1(=O)NC(=O)Nc2c(C#N)c(SCc3ccccc3)nn21. The number of carbonyl (C=O) groups excluding carboxylic acids is 1. The monoisotopic (exact) mass is 363 g/mol. The fourth-order valence-electron chi connectivity index (χ4n) is 2.19. The van der Waals surface area contributed by atoms with E-state index in [1.807, 2.05) is 36.4 Å². The van der Waals surface area contributed by atoms with E-state index in [4.69, 9.17) is 4.52 Å². The van der Waals surface area contributed by atoms with Crippen LogP contribution in [-0.4, -0.2) is 22.2 Å². The molecule has 2 heterocycles. The van der Waals surface area contributed by atoms with Crippen molar-refractivity contribution in [2.75, 3.05) is 11.9 Å². The van der Waals surface area contributed by atoms with Crippen LogP contribution in [-0.2, 0) is 14.8 Å². The lowest BCUT2D eigenvalue weighted by Crippen LogP contribution is -2.36. The van der Waals surface area contributed by atoms with Gasteiger partial charge in [-0.3, -0.25) is 9.84 Å². The number of fused-ring (bicyclic) bond motifs is 1. The first kappa shape index (κ1) is 16.6. The van der Waals surface area contributed by atoms with Crippen molar-refractivity contribution in [2.45, 2.75) is 17.7 Å². The minimum atomic E-state index is -3.70. The summed E-state index contributed by atoms with van der Waals surface area (Å²) in [6.07, 6.45) is 0. The third kappa shape index (κ3) is 3.04. The van der Waals surface area contributed by atoms with Gasteiger partial charge in [-0.25, -0.2) is 14.4 Å². The Labute approximate surface area is 142 Å². The van der Waals surface area contributed by atoms with Gasteiger partial charge in [0.15, 0.2) is 5.82 Å². The number of aromatic nitrogens is 2. The summed E-state index contributed by atoms with van der Waals surface area (Å²) in [5.41, 5.74) is 1.23. The van der Waals surface area contributed by atoms with Gasteiger partial charge in [-0.15, -0.1) is 0 Å². The van der Waals surface area contributed by atoms with Gasteiger partial charge in [-0.2, -0.15) is 14.8 Å². The summed E-state index contributed by atoms with van der Waals surface area (Å²) in [5.74, 6) is 0.681. The molecular weight excluding hydrogens is 349 g/mol. The second-order valence-corrected chi connectivity index (χ2v) is 7.67. The number of benzene rings is 1. The Bertz CT molecular complexity index is 861. The summed E-state index contributed by atoms with van der Waals surface area (Å²) < 4.78 is 19.1. The molecule has 1 aromatic heterocycles. The normalized spacial score (nSPS) is 19.1. The first-order chi connectivity index (χ1) is 11.6. The predicted octanol–water partition coefficient (Wildman–Crippen LogP) is 3.17. The number of hydrogen-bond acceptors (Lipinski definition) is 6. The molecule has 3 rings (SSSR count). The predicted molar refractivity (Wildman–Crippen MR) is 89.7 cm³/mol. The average molecular weight is 363 g/mol. The highest BCUT2D eigenvalue weighted by Gasteiger charge is 2.39. The molecule has 0 saturated carbocycles. The Hall–Kier alpha value is -2.27. The van der Waals surface area contributed by atoms with Gasteiger partial charge < -0.3 is 0 Å². The van der Waals surface area contributed by atoms with E-state index in [0.717, 1.165) is 10.0 Å². The molecule has 8 nitrogen and oxygen atoms in total. The van der Waals surface area contributed by atoms with Crippen molar-refractivity contribution in [1.29, 1.82) is 5.26 Å². The lowest BCUT2D eigenvalue weighted by Gasteiger charge is -2.24. The molecule has 0 radical (unpaired) electrons.